The summed E-state index contributed by atoms with van der Waals surface area (Å²) in [5.41, 5.74) is 0.562. The zero-order chi connectivity index (χ0) is 9.68. The number of hydrogen-bond acceptors (Lipinski definition) is 3. The van der Waals surface area contributed by atoms with Crippen molar-refractivity contribution in [3.05, 3.63) is 29.8 Å². The Balaban J connectivity index is 2.92. The number of ether oxygens (including phenoxy) is 2. The van der Waals surface area contributed by atoms with Gasteiger partial charge in [0.05, 0.1) is 12.7 Å². The van der Waals surface area contributed by atoms with Gasteiger partial charge in [0, 0.05) is 7.11 Å². The van der Waals surface area contributed by atoms with E-state index < -0.39 is 0 Å². The summed E-state index contributed by atoms with van der Waals surface area (Å²) in [6.07, 6.45) is 0. The third kappa shape index (κ3) is 2.29. The van der Waals surface area contributed by atoms with Gasteiger partial charge in [0.2, 0.25) is 0 Å². The molecule has 0 fully saturated rings. The SMILES string of the molecule is COCC(=O)c1ccccc1OC. The maximum absolute atomic E-state index is 11.4. The van der Waals surface area contributed by atoms with E-state index in [4.69, 9.17) is 9.47 Å². The number of methoxy groups -OCH3 is 2. The van der Waals surface area contributed by atoms with E-state index in [9.17, 15) is 4.79 Å². The van der Waals surface area contributed by atoms with Crippen molar-refractivity contribution in [1.29, 1.82) is 0 Å². The Morgan fingerprint density at radius 1 is 1.31 bits per heavy atom. The van der Waals surface area contributed by atoms with Gasteiger partial charge in [-0.25, -0.2) is 0 Å². The topological polar surface area (TPSA) is 35.5 Å². The standard InChI is InChI=1S/C10H12O3/c1-12-7-9(11)8-5-3-4-6-10(8)13-2/h3-6H,7H2,1-2H3. The highest BCUT2D eigenvalue weighted by molar-refractivity contribution is 5.99. The zero-order valence-electron chi connectivity index (χ0n) is 7.74. The molecule has 0 saturated carbocycles. The van der Waals surface area contributed by atoms with E-state index in [1.54, 1.807) is 25.3 Å². The molecule has 0 bridgehead atoms. The van der Waals surface area contributed by atoms with Crippen LogP contribution in [0.1, 0.15) is 10.4 Å². The number of ketones is 1. The molecule has 0 aliphatic rings. The van der Waals surface area contributed by atoms with Gasteiger partial charge in [-0.05, 0) is 12.1 Å². The van der Waals surface area contributed by atoms with Crippen LogP contribution in [-0.2, 0) is 4.74 Å². The normalized spacial score (nSPS) is 9.69. The fourth-order valence-electron chi connectivity index (χ4n) is 1.08. The van der Waals surface area contributed by atoms with E-state index in [0.29, 0.717) is 11.3 Å². The van der Waals surface area contributed by atoms with Gasteiger partial charge in [0.15, 0.2) is 5.78 Å². The molecule has 1 rings (SSSR count). The first-order valence-corrected chi connectivity index (χ1v) is 3.94. The number of hydrogen-bond donors (Lipinski definition) is 0. The molecule has 1 aromatic rings. The van der Waals surface area contributed by atoms with Crippen LogP contribution in [0.3, 0.4) is 0 Å². The summed E-state index contributed by atoms with van der Waals surface area (Å²) in [6.45, 7) is 0.0837. The highest BCUT2D eigenvalue weighted by atomic mass is 16.5. The third-order valence-corrected chi connectivity index (χ3v) is 1.68. The summed E-state index contributed by atoms with van der Waals surface area (Å²) >= 11 is 0. The molecule has 0 amide bonds. The Hall–Kier alpha value is -1.35. The summed E-state index contributed by atoms with van der Waals surface area (Å²) in [6, 6.07) is 7.09. The lowest BCUT2D eigenvalue weighted by atomic mass is 10.1. The molecule has 0 N–H and O–H groups in total. The molecule has 0 aromatic heterocycles. The average Bonchev–Trinajstić information content (AvgIpc) is 2.18. The van der Waals surface area contributed by atoms with E-state index >= 15 is 0 Å². The Kier molecular flexibility index (Phi) is 3.46. The second kappa shape index (κ2) is 4.62. The molecule has 0 radical (unpaired) electrons. The van der Waals surface area contributed by atoms with Crippen LogP contribution < -0.4 is 4.74 Å². The maximum Gasteiger partial charge on any atom is 0.192 e. The minimum absolute atomic E-state index is 0.0695. The molecule has 13 heavy (non-hydrogen) atoms. The largest absolute Gasteiger partial charge is 0.496 e. The van der Waals surface area contributed by atoms with Gasteiger partial charge >= 0.3 is 0 Å². The van der Waals surface area contributed by atoms with Crippen LogP contribution in [0.25, 0.3) is 0 Å². The van der Waals surface area contributed by atoms with Crippen LogP contribution in [0, 0.1) is 0 Å². The van der Waals surface area contributed by atoms with Gasteiger partial charge in [0.1, 0.15) is 12.4 Å². The molecular formula is C10H12O3. The monoisotopic (exact) mass is 180 g/mol. The lowest BCUT2D eigenvalue weighted by Gasteiger charge is -2.05. The summed E-state index contributed by atoms with van der Waals surface area (Å²) in [7, 11) is 3.03. The maximum atomic E-state index is 11.4. The van der Waals surface area contributed by atoms with Gasteiger partial charge in [-0.2, -0.15) is 0 Å². The van der Waals surface area contributed by atoms with E-state index in [1.165, 1.54) is 7.11 Å². The molecule has 0 heterocycles. The van der Waals surface area contributed by atoms with Gasteiger partial charge in [-0.3, -0.25) is 4.79 Å². The fourth-order valence-corrected chi connectivity index (χ4v) is 1.08. The number of para-hydroxylation sites is 1. The molecule has 3 heteroatoms. The Bertz CT molecular complexity index is 294. The highest BCUT2D eigenvalue weighted by Gasteiger charge is 2.09. The van der Waals surface area contributed by atoms with Gasteiger partial charge in [-0.15, -0.1) is 0 Å². The average molecular weight is 180 g/mol. The van der Waals surface area contributed by atoms with Gasteiger partial charge < -0.3 is 9.47 Å². The summed E-state index contributed by atoms with van der Waals surface area (Å²) in [4.78, 5) is 11.4. The molecule has 3 nitrogen and oxygen atoms in total. The first-order chi connectivity index (χ1) is 6.29. The number of rotatable bonds is 4. The second-order valence-electron chi connectivity index (χ2n) is 2.56. The van der Waals surface area contributed by atoms with E-state index in [-0.39, 0.29) is 12.4 Å². The minimum Gasteiger partial charge on any atom is -0.496 e. The molecule has 0 spiro atoms. The summed E-state index contributed by atoms with van der Waals surface area (Å²) < 4.78 is 9.79. The van der Waals surface area contributed by atoms with Crippen LogP contribution >= 0.6 is 0 Å². The first-order valence-electron chi connectivity index (χ1n) is 3.94. The Morgan fingerprint density at radius 3 is 2.62 bits per heavy atom. The van der Waals surface area contributed by atoms with Crippen LogP contribution in [0.2, 0.25) is 0 Å². The van der Waals surface area contributed by atoms with Crippen molar-refractivity contribution in [2.75, 3.05) is 20.8 Å². The van der Waals surface area contributed by atoms with Crippen LogP contribution in [-0.4, -0.2) is 26.6 Å². The van der Waals surface area contributed by atoms with Crippen LogP contribution in [0.5, 0.6) is 5.75 Å². The van der Waals surface area contributed by atoms with Crippen molar-refractivity contribution < 1.29 is 14.3 Å². The summed E-state index contributed by atoms with van der Waals surface area (Å²) in [5, 5.41) is 0. The zero-order valence-corrected chi connectivity index (χ0v) is 7.74. The van der Waals surface area contributed by atoms with Crippen molar-refractivity contribution in [2.45, 2.75) is 0 Å². The lowest BCUT2D eigenvalue weighted by Crippen LogP contribution is -2.08. The molecule has 70 valence electrons. The Labute approximate surface area is 77.3 Å². The predicted molar refractivity (Wildman–Crippen MR) is 49.2 cm³/mol. The van der Waals surface area contributed by atoms with Crippen molar-refractivity contribution in [2.24, 2.45) is 0 Å². The number of Topliss-reactive ketones (excluding diaryl/α,β-unsaturated/α-hetero) is 1. The number of carbonyl (C=O) groups excluding carboxylic acids is 1. The first kappa shape index (κ1) is 9.74. The molecular weight excluding hydrogens is 168 g/mol. The minimum atomic E-state index is -0.0695. The van der Waals surface area contributed by atoms with Gasteiger partial charge in [0.25, 0.3) is 0 Å². The molecule has 0 unspecified atom stereocenters. The molecule has 0 saturated heterocycles. The fraction of sp³-hybridized carbons (Fsp3) is 0.300. The third-order valence-electron chi connectivity index (χ3n) is 1.68. The molecule has 0 aliphatic carbocycles. The van der Waals surface area contributed by atoms with E-state index in [2.05, 4.69) is 0 Å². The van der Waals surface area contributed by atoms with Crippen LogP contribution in [0.15, 0.2) is 24.3 Å². The Morgan fingerprint density at radius 2 is 2.00 bits per heavy atom. The smallest absolute Gasteiger partial charge is 0.192 e. The molecule has 0 atom stereocenters. The molecule has 1 aromatic carbocycles. The number of benzene rings is 1. The molecule has 0 aliphatic heterocycles. The quantitative estimate of drug-likeness (QED) is 0.659. The van der Waals surface area contributed by atoms with Crippen molar-refractivity contribution >= 4 is 5.78 Å². The van der Waals surface area contributed by atoms with E-state index in [1.807, 2.05) is 6.07 Å². The highest BCUT2D eigenvalue weighted by Crippen LogP contribution is 2.17. The van der Waals surface area contributed by atoms with Crippen LogP contribution in [0.4, 0.5) is 0 Å². The predicted octanol–water partition coefficient (Wildman–Crippen LogP) is 1.52. The second-order valence-corrected chi connectivity index (χ2v) is 2.56. The van der Waals surface area contributed by atoms with E-state index in [0.717, 1.165) is 0 Å². The number of carbonyl (C=O) groups is 1. The summed E-state index contributed by atoms with van der Waals surface area (Å²) in [5.74, 6) is 0.518. The van der Waals surface area contributed by atoms with Crippen molar-refractivity contribution in [3.8, 4) is 5.75 Å². The van der Waals surface area contributed by atoms with Crippen molar-refractivity contribution in [1.82, 2.24) is 0 Å². The van der Waals surface area contributed by atoms with Gasteiger partial charge in [-0.1, -0.05) is 12.1 Å². The van der Waals surface area contributed by atoms with Crippen molar-refractivity contribution in [3.63, 3.8) is 0 Å². The lowest BCUT2D eigenvalue weighted by molar-refractivity contribution is 0.0845.